The van der Waals surface area contributed by atoms with Crippen LogP contribution in [0.1, 0.15) is 11.1 Å². The average molecular weight is 253 g/mol. The molecular weight excluding hydrogens is 234 g/mol. The van der Waals surface area contributed by atoms with E-state index in [1.54, 1.807) is 7.05 Å². The minimum Gasteiger partial charge on any atom is -0.370 e. The Balaban J connectivity index is 2.13. The third kappa shape index (κ3) is 3.85. The van der Waals surface area contributed by atoms with Gasteiger partial charge in [-0.3, -0.25) is 4.99 Å². The van der Waals surface area contributed by atoms with Gasteiger partial charge in [0.25, 0.3) is 0 Å². The summed E-state index contributed by atoms with van der Waals surface area (Å²) in [6, 6.07) is 20.6. The normalized spacial score (nSPS) is 11.3. The maximum Gasteiger partial charge on any atom is 0.191 e. The molecule has 0 saturated heterocycles. The third-order valence-electron chi connectivity index (χ3n) is 2.99. The molecule has 0 unspecified atom stereocenters. The number of hydrogen-bond acceptors (Lipinski definition) is 1. The molecule has 2 aromatic carbocycles. The minimum absolute atomic E-state index is 0.563. The van der Waals surface area contributed by atoms with Crippen LogP contribution in [-0.4, -0.2) is 17.9 Å². The van der Waals surface area contributed by atoms with Crippen molar-refractivity contribution in [1.82, 2.24) is 4.90 Å². The Kier molecular flexibility index (Phi) is 4.56. The first-order valence-electron chi connectivity index (χ1n) is 6.34. The SMILES string of the molecule is CN=C(N)N(Cc1ccccc1)Cc1ccccc1. The van der Waals surface area contributed by atoms with Gasteiger partial charge in [-0.1, -0.05) is 60.7 Å². The fraction of sp³-hybridized carbons (Fsp3) is 0.188. The van der Waals surface area contributed by atoms with Crippen molar-refractivity contribution >= 4 is 5.96 Å². The first-order valence-corrected chi connectivity index (χ1v) is 6.34. The van der Waals surface area contributed by atoms with E-state index in [1.165, 1.54) is 11.1 Å². The second kappa shape index (κ2) is 6.59. The Labute approximate surface area is 114 Å². The van der Waals surface area contributed by atoms with Gasteiger partial charge in [0.1, 0.15) is 0 Å². The molecule has 0 aliphatic carbocycles. The number of rotatable bonds is 4. The summed E-state index contributed by atoms with van der Waals surface area (Å²) >= 11 is 0. The van der Waals surface area contributed by atoms with Crippen molar-refractivity contribution in [1.29, 1.82) is 0 Å². The van der Waals surface area contributed by atoms with Crippen LogP contribution in [0.2, 0.25) is 0 Å². The maximum absolute atomic E-state index is 5.99. The minimum atomic E-state index is 0.563. The van der Waals surface area contributed by atoms with E-state index < -0.39 is 0 Å². The monoisotopic (exact) mass is 253 g/mol. The van der Waals surface area contributed by atoms with Gasteiger partial charge in [0.05, 0.1) is 0 Å². The lowest BCUT2D eigenvalue weighted by Gasteiger charge is -2.23. The molecule has 3 nitrogen and oxygen atoms in total. The number of nitrogens with two attached hydrogens (primary N) is 1. The van der Waals surface area contributed by atoms with Gasteiger partial charge >= 0.3 is 0 Å². The lowest BCUT2D eigenvalue weighted by Crippen LogP contribution is -2.36. The Morgan fingerprint density at radius 3 is 1.68 bits per heavy atom. The van der Waals surface area contributed by atoms with Crippen LogP contribution in [0.3, 0.4) is 0 Å². The number of nitrogens with zero attached hydrogens (tertiary/aromatic N) is 2. The second-order valence-corrected chi connectivity index (χ2v) is 4.41. The molecule has 3 heteroatoms. The molecule has 0 fully saturated rings. The molecule has 0 atom stereocenters. The highest BCUT2D eigenvalue weighted by Crippen LogP contribution is 2.09. The van der Waals surface area contributed by atoms with Crippen LogP contribution in [0.25, 0.3) is 0 Å². The summed E-state index contributed by atoms with van der Waals surface area (Å²) < 4.78 is 0. The molecule has 0 aliphatic heterocycles. The summed E-state index contributed by atoms with van der Waals surface area (Å²) in [6.07, 6.45) is 0. The van der Waals surface area contributed by atoms with E-state index in [2.05, 4.69) is 34.2 Å². The Morgan fingerprint density at radius 2 is 1.32 bits per heavy atom. The highest BCUT2D eigenvalue weighted by atomic mass is 15.2. The Morgan fingerprint density at radius 1 is 0.895 bits per heavy atom. The topological polar surface area (TPSA) is 41.6 Å². The van der Waals surface area contributed by atoms with E-state index >= 15 is 0 Å². The van der Waals surface area contributed by atoms with Crippen molar-refractivity contribution in [3.8, 4) is 0 Å². The largest absolute Gasteiger partial charge is 0.370 e. The van der Waals surface area contributed by atoms with E-state index in [1.807, 2.05) is 36.4 Å². The zero-order valence-corrected chi connectivity index (χ0v) is 11.2. The first-order chi connectivity index (χ1) is 9.29. The van der Waals surface area contributed by atoms with E-state index in [4.69, 9.17) is 5.73 Å². The molecule has 98 valence electrons. The zero-order chi connectivity index (χ0) is 13.5. The molecule has 19 heavy (non-hydrogen) atoms. The van der Waals surface area contributed by atoms with Crippen LogP contribution < -0.4 is 5.73 Å². The van der Waals surface area contributed by atoms with Crippen LogP contribution in [0.4, 0.5) is 0 Å². The average Bonchev–Trinajstić information content (AvgIpc) is 2.48. The van der Waals surface area contributed by atoms with Gasteiger partial charge in [-0.25, -0.2) is 0 Å². The van der Waals surface area contributed by atoms with Crippen molar-refractivity contribution in [2.75, 3.05) is 7.05 Å². The molecule has 0 aromatic heterocycles. The number of guanidine groups is 1. The van der Waals surface area contributed by atoms with Crippen LogP contribution >= 0.6 is 0 Å². The van der Waals surface area contributed by atoms with E-state index in [-0.39, 0.29) is 0 Å². The number of aliphatic imine (C=N–C) groups is 1. The van der Waals surface area contributed by atoms with Crippen LogP contribution in [0.5, 0.6) is 0 Å². The summed E-state index contributed by atoms with van der Waals surface area (Å²) in [7, 11) is 1.72. The molecule has 2 rings (SSSR count). The third-order valence-corrected chi connectivity index (χ3v) is 2.99. The fourth-order valence-electron chi connectivity index (χ4n) is 1.97. The Hall–Kier alpha value is -2.29. The van der Waals surface area contributed by atoms with Gasteiger partial charge < -0.3 is 10.6 Å². The summed E-state index contributed by atoms with van der Waals surface area (Å²) in [5, 5.41) is 0. The zero-order valence-electron chi connectivity index (χ0n) is 11.2. The van der Waals surface area contributed by atoms with Crippen molar-refractivity contribution in [2.45, 2.75) is 13.1 Å². The molecule has 0 amide bonds. The first kappa shape index (κ1) is 13.1. The molecule has 0 spiro atoms. The predicted octanol–water partition coefficient (Wildman–Crippen LogP) is 2.63. The molecule has 0 heterocycles. The van der Waals surface area contributed by atoms with Crippen LogP contribution in [0.15, 0.2) is 65.7 Å². The van der Waals surface area contributed by atoms with Crippen LogP contribution in [-0.2, 0) is 13.1 Å². The molecule has 0 bridgehead atoms. The maximum atomic E-state index is 5.99. The van der Waals surface area contributed by atoms with Crippen LogP contribution in [0, 0.1) is 0 Å². The lowest BCUT2D eigenvalue weighted by atomic mass is 10.2. The molecule has 0 aliphatic rings. The van der Waals surface area contributed by atoms with E-state index in [9.17, 15) is 0 Å². The van der Waals surface area contributed by atoms with Crippen molar-refractivity contribution < 1.29 is 0 Å². The van der Waals surface area contributed by atoms with Gasteiger partial charge in [0.15, 0.2) is 5.96 Å². The standard InChI is InChI=1S/C16H19N3/c1-18-16(17)19(12-14-8-4-2-5-9-14)13-15-10-6-3-7-11-15/h2-11H,12-13H2,1H3,(H2,17,18). The lowest BCUT2D eigenvalue weighted by molar-refractivity contribution is 0.401. The van der Waals surface area contributed by atoms with E-state index in [0.717, 1.165) is 13.1 Å². The fourth-order valence-corrected chi connectivity index (χ4v) is 1.97. The van der Waals surface area contributed by atoms with Gasteiger partial charge in [-0.05, 0) is 11.1 Å². The van der Waals surface area contributed by atoms with Crippen molar-refractivity contribution in [3.05, 3.63) is 71.8 Å². The smallest absolute Gasteiger partial charge is 0.191 e. The quantitative estimate of drug-likeness (QED) is 0.672. The summed E-state index contributed by atoms with van der Waals surface area (Å²) in [5.41, 5.74) is 8.44. The van der Waals surface area contributed by atoms with Crippen molar-refractivity contribution in [3.63, 3.8) is 0 Å². The van der Waals surface area contributed by atoms with Crippen molar-refractivity contribution in [2.24, 2.45) is 10.7 Å². The summed E-state index contributed by atoms with van der Waals surface area (Å²) in [6.45, 7) is 1.53. The van der Waals surface area contributed by atoms with Gasteiger partial charge in [-0.2, -0.15) is 0 Å². The second-order valence-electron chi connectivity index (χ2n) is 4.41. The molecule has 2 N–H and O–H groups in total. The summed E-state index contributed by atoms with van der Waals surface area (Å²) in [5.74, 6) is 0.563. The van der Waals surface area contributed by atoms with E-state index in [0.29, 0.717) is 5.96 Å². The molecule has 0 radical (unpaired) electrons. The molecule has 0 saturated carbocycles. The van der Waals surface area contributed by atoms with Gasteiger partial charge in [-0.15, -0.1) is 0 Å². The van der Waals surface area contributed by atoms with Gasteiger partial charge in [0.2, 0.25) is 0 Å². The molecule has 2 aromatic rings. The van der Waals surface area contributed by atoms with Gasteiger partial charge in [0, 0.05) is 20.1 Å². The number of hydrogen-bond donors (Lipinski definition) is 1. The Bertz CT molecular complexity index is 479. The predicted molar refractivity (Wildman–Crippen MR) is 79.7 cm³/mol. The summed E-state index contributed by atoms with van der Waals surface area (Å²) in [4.78, 5) is 6.18. The highest BCUT2D eigenvalue weighted by Gasteiger charge is 2.08. The highest BCUT2D eigenvalue weighted by molar-refractivity contribution is 5.77. The number of benzene rings is 2. The molecular formula is C16H19N3.